The predicted octanol–water partition coefficient (Wildman–Crippen LogP) is 2.97. The standard InChI is InChI=1S/C10H14O2.C5H8O2/c1-4-5-6-7-8-12-10(11)9(2)3;1-4(2)5(6)7-3/h4-7H,2,8H2,1,3H3;1H2,2-3H3. The highest BCUT2D eigenvalue weighted by Crippen LogP contribution is 1.91. The van der Waals surface area contributed by atoms with Crippen molar-refractivity contribution in [1.82, 2.24) is 0 Å². The minimum Gasteiger partial charge on any atom is -0.466 e. The predicted molar refractivity (Wildman–Crippen MR) is 76.6 cm³/mol. The molecule has 0 amide bonds. The summed E-state index contributed by atoms with van der Waals surface area (Å²) in [5.41, 5.74) is 0.858. The van der Waals surface area contributed by atoms with Crippen molar-refractivity contribution in [2.75, 3.05) is 13.7 Å². The van der Waals surface area contributed by atoms with Gasteiger partial charge in [0.25, 0.3) is 0 Å². The summed E-state index contributed by atoms with van der Waals surface area (Å²) in [5.74, 6) is -0.694. The molecule has 0 aromatic carbocycles. The smallest absolute Gasteiger partial charge is 0.333 e. The van der Waals surface area contributed by atoms with Crippen LogP contribution in [0.2, 0.25) is 0 Å². The summed E-state index contributed by atoms with van der Waals surface area (Å²) in [4.78, 5) is 21.0. The van der Waals surface area contributed by atoms with Crippen LogP contribution in [-0.2, 0) is 19.1 Å². The zero-order chi connectivity index (χ0) is 15.3. The molecule has 0 bridgehead atoms. The summed E-state index contributed by atoms with van der Waals surface area (Å²) in [6, 6.07) is 0. The first-order valence-electron chi connectivity index (χ1n) is 5.71. The van der Waals surface area contributed by atoms with E-state index < -0.39 is 0 Å². The molecule has 0 fully saturated rings. The zero-order valence-electron chi connectivity index (χ0n) is 12.1. The molecule has 0 aliphatic heterocycles. The number of carbonyl (C=O) groups excluding carboxylic acids is 2. The van der Waals surface area contributed by atoms with Crippen LogP contribution in [0.15, 0.2) is 48.6 Å². The molecule has 0 rings (SSSR count). The molecule has 0 radical (unpaired) electrons. The Hall–Kier alpha value is -2.10. The first-order chi connectivity index (χ1) is 8.86. The Bertz CT molecular complexity index is 376. The zero-order valence-corrected chi connectivity index (χ0v) is 12.1. The van der Waals surface area contributed by atoms with Gasteiger partial charge in [-0.25, -0.2) is 9.59 Å². The highest BCUT2D eigenvalue weighted by Gasteiger charge is 1.99. The average molecular weight is 266 g/mol. The molecule has 4 heteroatoms. The summed E-state index contributed by atoms with van der Waals surface area (Å²) < 4.78 is 9.06. The van der Waals surface area contributed by atoms with E-state index in [2.05, 4.69) is 17.9 Å². The number of carbonyl (C=O) groups is 2. The lowest BCUT2D eigenvalue weighted by molar-refractivity contribution is -0.138. The molecule has 0 aliphatic carbocycles. The fourth-order valence-corrected chi connectivity index (χ4v) is 0.666. The number of allylic oxidation sites excluding steroid dienone is 3. The Labute approximate surface area is 115 Å². The molecule has 0 spiro atoms. The van der Waals surface area contributed by atoms with E-state index in [9.17, 15) is 9.59 Å². The normalized spacial score (nSPS) is 9.68. The number of methoxy groups -OCH3 is 1. The van der Waals surface area contributed by atoms with Crippen molar-refractivity contribution in [3.8, 4) is 0 Å². The fraction of sp³-hybridized carbons (Fsp3) is 0.333. The van der Waals surface area contributed by atoms with Crippen LogP contribution in [0.1, 0.15) is 20.8 Å². The van der Waals surface area contributed by atoms with Gasteiger partial charge >= 0.3 is 11.9 Å². The summed E-state index contributed by atoms with van der Waals surface area (Å²) in [6.45, 7) is 12.3. The molecule has 0 aromatic rings. The molecule has 0 unspecified atom stereocenters. The van der Waals surface area contributed by atoms with Crippen LogP contribution in [0.25, 0.3) is 0 Å². The third-order valence-electron chi connectivity index (χ3n) is 1.63. The van der Waals surface area contributed by atoms with Gasteiger partial charge in [0.15, 0.2) is 0 Å². The van der Waals surface area contributed by atoms with Crippen LogP contribution in [0.5, 0.6) is 0 Å². The van der Waals surface area contributed by atoms with E-state index in [4.69, 9.17) is 4.74 Å². The van der Waals surface area contributed by atoms with Crippen molar-refractivity contribution in [3.63, 3.8) is 0 Å². The van der Waals surface area contributed by atoms with E-state index in [1.165, 1.54) is 7.11 Å². The van der Waals surface area contributed by atoms with E-state index in [1.807, 2.05) is 25.2 Å². The van der Waals surface area contributed by atoms with Crippen LogP contribution in [0.4, 0.5) is 0 Å². The van der Waals surface area contributed by atoms with Gasteiger partial charge in [-0.2, -0.15) is 0 Å². The van der Waals surface area contributed by atoms with Gasteiger partial charge in [-0.05, 0) is 26.8 Å². The second-order valence-electron chi connectivity index (χ2n) is 3.60. The van der Waals surface area contributed by atoms with Crippen molar-refractivity contribution < 1.29 is 19.1 Å². The average Bonchev–Trinajstić information content (AvgIpc) is 2.37. The second-order valence-corrected chi connectivity index (χ2v) is 3.60. The Balaban J connectivity index is 0. The molecule has 0 aliphatic rings. The summed E-state index contributed by atoms with van der Waals surface area (Å²) in [6.07, 6.45) is 7.36. The summed E-state index contributed by atoms with van der Waals surface area (Å²) in [7, 11) is 1.33. The van der Waals surface area contributed by atoms with Gasteiger partial charge < -0.3 is 9.47 Å². The molecule has 0 saturated carbocycles. The van der Waals surface area contributed by atoms with Crippen LogP contribution in [-0.4, -0.2) is 25.7 Å². The van der Waals surface area contributed by atoms with Crippen molar-refractivity contribution in [1.29, 1.82) is 0 Å². The Morgan fingerprint density at radius 1 is 1.05 bits per heavy atom. The molecule has 0 saturated heterocycles. The minimum atomic E-state index is -0.347. The van der Waals surface area contributed by atoms with E-state index in [-0.39, 0.29) is 11.9 Å². The minimum absolute atomic E-state index is 0.302. The van der Waals surface area contributed by atoms with E-state index in [0.29, 0.717) is 17.8 Å². The van der Waals surface area contributed by atoms with E-state index >= 15 is 0 Å². The lowest BCUT2D eigenvalue weighted by Gasteiger charge is -1.98. The molecular weight excluding hydrogens is 244 g/mol. The van der Waals surface area contributed by atoms with Crippen LogP contribution < -0.4 is 0 Å². The molecule has 0 N–H and O–H groups in total. The van der Waals surface area contributed by atoms with Crippen molar-refractivity contribution in [2.45, 2.75) is 20.8 Å². The molecule has 106 valence electrons. The lowest BCUT2D eigenvalue weighted by atomic mass is 10.4. The van der Waals surface area contributed by atoms with Crippen LogP contribution in [0.3, 0.4) is 0 Å². The fourth-order valence-electron chi connectivity index (χ4n) is 0.666. The molecule has 4 nitrogen and oxygen atoms in total. The maximum Gasteiger partial charge on any atom is 0.333 e. The maximum atomic E-state index is 10.8. The Morgan fingerprint density at radius 2 is 1.58 bits per heavy atom. The monoisotopic (exact) mass is 266 g/mol. The molecule has 0 heterocycles. The maximum absolute atomic E-state index is 10.8. The van der Waals surface area contributed by atoms with Gasteiger partial charge in [0.05, 0.1) is 7.11 Å². The number of esters is 2. The quantitative estimate of drug-likeness (QED) is 0.436. The second kappa shape index (κ2) is 12.4. The van der Waals surface area contributed by atoms with Gasteiger partial charge in [-0.3, -0.25) is 0 Å². The van der Waals surface area contributed by atoms with Crippen molar-refractivity contribution in [3.05, 3.63) is 48.6 Å². The topological polar surface area (TPSA) is 52.6 Å². The van der Waals surface area contributed by atoms with Gasteiger partial charge in [-0.1, -0.05) is 31.4 Å². The van der Waals surface area contributed by atoms with Gasteiger partial charge in [0.1, 0.15) is 6.61 Å². The Morgan fingerprint density at radius 3 is 1.89 bits per heavy atom. The van der Waals surface area contributed by atoms with Crippen molar-refractivity contribution >= 4 is 11.9 Å². The van der Waals surface area contributed by atoms with Crippen LogP contribution >= 0.6 is 0 Å². The van der Waals surface area contributed by atoms with Crippen LogP contribution in [0, 0.1) is 0 Å². The number of rotatable bonds is 5. The molecule has 0 atom stereocenters. The van der Waals surface area contributed by atoms with Gasteiger partial charge in [0.2, 0.25) is 0 Å². The molecule has 19 heavy (non-hydrogen) atoms. The first-order valence-corrected chi connectivity index (χ1v) is 5.71. The molecular formula is C15H22O4. The number of hydrogen-bond acceptors (Lipinski definition) is 4. The highest BCUT2D eigenvalue weighted by molar-refractivity contribution is 5.87. The third-order valence-corrected chi connectivity index (χ3v) is 1.63. The number of hydrogen-bond donors (Lipinski definition) is 0. The van der Waals surface area contributed by atoms with Gasteiger partial charge in [0, 0.05) is 11.1 Å². The van der Waals surface area contributed by atoms with E-state index in [0.717, 1.165) is 0 Å². The highest BCUT2D eigenvalue weighted by atomic mass is 16.5. The van der Waals surface area contributed by atoms with Crippen molar-refractivity contribution in [2.24, 2.45) is 0 Å². The lowest BCUT2D eigenvalue weighted by Crippen LogP contribution is -2.04. The summed E-state index contributed by atoms with van der Waals surface area (Å²) >= 11 is 0. The summed E-state index contributed by atoms with van der Waals surface area (Å²) in [5, 5.41) is 0. The SMILES string of the molecule is C=C(C)C(=O)OC.C=C(C)C(=O)OCC=CC=CC. The molecule has 0 aromatic heterocycles. The van der Waals surface area contributed by atoms with E-state index in [1.54, 1.807) is 19.9 Å². The largest absolute Gasteiger partial charge is 0.466 e. The first kappa shape index (κ1) is 19.2. The van der Waals surface area contributed by atoms with Gasteiger partial charge in [-0.15, -0.1) is 0 Å². The Kier molecular flexibility index (Phi) is 12.5. The number of ether oxygens (including phenoxy) is 2. The third kappa shape index (κ3) is 13.8.